The smallest absolute Gasteiger partial charge is 0.163 e. The van der Waals surface area contributed by atoms with Crippen LogP contribution >= 0.6 is 27.7 Å². The summed E-state index contributed by atoms with van der Waals surface area (Å²) in [5.41, 5.74) is 2.04. The largest absolute Gasteiger partial charge is 0.277 e. The number of pyridine rings is 1. The number of rotatable bonds is 1. The van der Waals surface area contributed by atoms with Gasteiger partial charge in [0.15, 0.2) is 5.82 Å². The molecule has 0 bridgehead atoms. The van der Waals surface area contributed by atoms with Crippen molar-refractivity contribution in [1.29, 1.82) is 0 Å². The molecule has 0 unspecified atom stereocenters. The van der Waals surface area contributed by atoms with Gasteiger partial charge in [-0.15, -0.1) is 11.8 Å². The van der Waals surface area contributed by atoms with Crippen molar-refractivity contribution in [3.05, 3.63) is 28.1 Å². The van der Waals surface area contributed by atoms with Crippen LogP contribution in [-0.2, 0) is 0 Å². The minimum Gasteiger partial charge on any atom is -0.277 e. The Morgan fingerprint density at radius 1 is 1.39 bits per heavy atom. The van der Waals surface area contributed by atoms with E-state index in [9.17, 15) is 4.39 Å². The molecule has 0 aliphatic carbocycles. The van der Waals surface area contributed by atoms with Crippen LogP contribution in [0.3, 0.4) is 0 Å². The first-order chi connectivity index (χ1) is 8.63. The number of halogens is 2. The molecule has 0 saturated carbocycles. The molecule has 3 aromatic rings. The number of nitrogens with zero attached hydrogens (tertiary/aromatic N) is 2. The van der Waals surface area contributed by atoms with Crippen molar-refractivity contribution in [1.82, 2.24) is 15.2 Å². The Morgan fingerprint density at radius 2 is 2.17 bits per heavy atom. The number of H-pyrrole nitrogens is 1. The Morgan fingerprint density at radius 3 is 2.89 bits per heavy atom. The lowest BCUT2D eigenvalue weighted by molar-refractivity contribution is 0.628. The Bertz CT molecular complexity index is 769. The highest BCUT2D eigenvalue weighted by atomic mass is 79.9. The molecule has 3 rings (SSSR count). The van der Waals surface area contributed by atoms with Crippen LogP contribution in [0.1, 0.15) is 5.56 Å². The molecular weight excluding hydrogens is 317 g/mol. The summed E-state index contributed by atoms with van der Waals surface area (Å²) in [6.07, 6.45) is 3.64. The van der Waals surface area contributed by atoms with E-state index in [0.29, 0.717) is 9.99 Å². The van der Waals surface area contributed by atoms with Crippen molar-refractivity contribution in [2.45, 2.75) is 11.9 Å². The summed E-state index contributed by atoms with van der Waals surface area (Å²) in [6.45, 7) is 1.86. The number of thioether (sulfide) groups is 1. The molecule has 0 spiro atoms. The fourth-order valence-corrected chi connectivity index (χ4v) is 2.87. The van der Waals surface area contributed by atoms with E-state index in [1.807, 2.05) is 19.2 Å². The highest BCUT2D eigenvalue weighted by molar-refractivity contribution is 9.10. The van der Waals surface area contributed by atoms with Gasteiger partial charge < -0.3 is 0 Å². The second kappa shape index (κ2) is 4.20. The molecule has 0 radical (unpaired) electrons. The van der Waals surface area contributed by atoms with Gasteiger partial charge in [0.1, 0.15) is 10.5 Å². The molecule has 1 aromatic carbocycles. The van der Waals surface area contributed by atoms with Crippen LogP contribution in [0.25, 0.3) is 21.8 Å². The summed E-state index contributed by atoms with van der Waals surface area (Å²) < 4.78 is 14.7. The van der Waals surface area contributed by atoms with E-state index in [1.54, 1.807) is 6.20 Å². The highest BCUT2D eigenvalue weighted by Crippen LogP contribution is 2.34. The summed E-state index contributed by atoms with van der Waals surface area (Å²) in [5, 5.41) is 9.42. The van der Waals surface area contributed by atoms with Crippen LogP contribution in [-0.4, -0.2) is 21.4 Å². The molecule has 92 valence electrons. The monoisotopic (exact) mass is 325 g/mol. The van der Waals surface area contributed by atoms with Gasteiger partial charge in [-0.1, -0.05) is 0 Å². The average Bonchev–Trinajstić information content (AvgIpc) is 2.85. The zero-order chi connectivity index (χ0) is 12.9. The van der Waals surface area contributed by atoms with Crippen LogP contribution in [0.4, 0.5) is 4.39 Å². The topological polar surface area (TPSA) is 41.6 Å². The van der Waals surface area contributed by atoms with Crippen molar-refractivity contribution in [3.63, 3.8) is 0 Å². The fourth-order valence-electron chi connectivity index (χ4n) is 2.01. The normalized spacial score (nSPS) is 11.6. The summed E-state index contributed by atoms with van der Waals surface area (Å²) in [5.74, 6) is -0.322. The predicted octanol–water partition coefficient (Wildman–Crippen LogP) is 4.04. The Balaban J connectivity index is 2.59. The second-order valence-corrected chi connectivity index (χ2v) is 5.59. The number of hydrogen-bond acceptors (Lipinski definition) is 3. The van der Waals surface area contributed by atoms with Gasteiger partial charge in [0.05, 0.1) is 21.6 Å². The minimum atomic E-state index is -0.322. The highest BCUT2D eigenvalue weighted by Gasteiger charge is 2.16. The number of benzene rings is 1. The Labute approximate surface area is 115 Å². The molecule has 0 aliphatic rings. The molecule has 0 fully saturated rings. The minimum absolute atomic E-state index is 0.322. The number of fused-ring (bicyclic) bond motifs is 3. The number of aromatic nitrogens is 3. The lowest BCUT2D eigenvalue weighted by Crippen LogP contribution is -1.92. The lowest BCUT2D eigenvalue weighted by Gasteiger charge is -2.07. The first kappa shape index (κ1) is 11.9. The first-order valence-corrected chi connectivity index (χ1v) is 7.30. The molecule has 18 heavy (non-hydrogen) atoms. The van der Waals surface area contributed by atoms with Crippen molar-refractivity contribution in [3.8, 4) is 0 Å². The molecule has 0 amide bonds. The van der Waals surface area contributed by atoms with Gasteiger partial charge in [0.25, 0.3) is 0 Å². The molecule has 6 heteroatoms. The molecule has 0 saturated heterocycles. The maximum Gasteiger partial charge on any atom is 0.163 e. The quantitative estimate of drug-likeness (QED) is 0.686. The molecule has 3 nitrogen and oxygen atoms in total. The second-order valence-electron chi connectivity index (χ2n) is 4.00. The van der Waals surface area contributed by atoms with Crippen LogP contribution < -0.4 is 0 Å². The van der Waals surface area contributed by atoms with Crippen LogP contribution in [0.15, 0.2) is 21.8 Å². The van der Waals surface area contributed by atoms with E-state index in [-0.39, 0.29) is 5.82 Å². The summed E-state index contributed by atoms with van der Waals surface area (Å²) in [7, 11) is 0. The van der Waals surface area contributed by atoms with Crippen molar-refractivity contribution < 1.29 is 4.39 Å². The number of hydrogen-bond donors (Lipinski definition) is 1. The predicted molar refractivity (Wildman–Crippen MR) is 75.6 cm³/mol. The summed E-state index contributed by atoms with van der Waals surface area (Å²) in [4.78, 5) is 4.39. The maximum atomic E-state index is 14.3. The average molecular weight is 326 g/mol. The van der Waals surface area contributed by atoms with Gasteiger partial charge in [-0.05, 0) is 40.7 Å². The van der Waals surface area contributed by atoms with Crippen LogP contribution in [0, 0.1) is 12.7 Å². The molecule has 2 aromatic heterocycles. The van der Waals surface area contributed by atoms with Gasteiger partial charge in [0, 0.05) is 5.39 Å². The summed E-state index contributed by atoms with van der Waals surface area (Å²) >= 11 is 4.74. The molecule has 1 N–H and O–H groups in total. The van der Waals surface area contributed by atoms with E-state index in [1.165, 1.54) is 11.8 Å². The van der Waals surface area contributed by atoms with E-state index < -0.39 is 0 Å². The SMILES string of the molecule is CSc1nc2c(F)c(Br)c(C)cc2c2[nH]ncc12. The van der Waals surface area contributed by atoms with E-state index in [0.717, 1.165) is 26.9 Å². The van der Waals surface area contributed by atoms with E-state index in [4.69, 9.17) is 0 Å². The van der Waals surface area contributed by atoms with Gasteiger partial charge in [-0.25, -0.2) is 9.37 Å². The third-order valence-corrected chi connectivity index (χ3v) is 4.58. The zero-order valence-corrected chi connectivity index (χ0v) is 12.1. The third kappa shape index (κ3) is 1.55. The molecule has 0 aliphatic heterocycles. The lowest BCUT2D eigenvalue weighted by atomic mass is 10.1. The van der Waals surface area contributed by atoms with Crippen LogP contribution in [0.5, 0.6) is 0 Å². The Kier molecular flexibility index (Phi) is 2.79. The number of aromatic amines is 1. The number of nitrogens with one attached hydrogen (secondary N) is 1. The fraction of sp³-hybridized carbons (Fsp3) is 0.167. The van der Waals surface area contributed by atoms with Gasteiger partial charge in [-0.3, -0.25) is 5.10 Å². The first-order valence-electron chi connectivity index (χ1n) is 5.29. The Hall–Kier alpha value is -1.14. The van der Waals surface area contributed by atoms with Crippen LogP contribution in [0.2, 0.25) is 0 Å². The van der Waals surface area contributed by atoms with Crippen molar-refractivity contribution >= 4 is 49.5 Å². The molecule has 0 atom stereocenters. The van der Waals surface area contributed by atoms with Crippen molar-refractivity contribution in [2.24, 2.45) is 0 Å². The van der Waals surface area contributed by atoms with E-state index in [2.05, 4.69) is 31.1 Å². The van der Waals surface area contributed by atoms with Gasteiger partial charge in [0.2, 0.25) is 0 Å². The summed E-state index contributed by atoms with van der Waals surface area (Å²) in [6, 6.07) is 1.92. The number of aryl methyl sites for hydroxylation is 1. The van der Waals surface area contributed by atoms with E-state index >= 15 is 0 Å². The standard InChI is InChI=1S/C12H9BrFN3S/c1-5-3-6-10-7(4-15-17-10)12(18-2)16-11(6)9(14)8(5)13/h3-4H,1-2H3,(H,15,17). The molecular formula is C12H9BrFN3S. The maximum absolute atomic E-state index is 14.3. The third-order valence-electron chi connectivity index (χ3n) is 2.91. The van der Waals surface area contributed by atoms with Gasteiger partial charge >= 0.3 is 0 Å². The van der Waals surface area contributed by atoms with Crippen molar-refractivity contribution in [2.75, 3.05) is 6.26 Å². The van der Waals surface area contributed by atoms with Gasteiger partial charge in [-0.2, -0.15) is 5.10 Å². The molecule has 2 heterocycles. The zero-order valence-electron chi connectivity index (χ0n) is 9.71.